The van der Waals surface area contributed by atoms with Gasteiger partial charge in [0.25, 0.3) is 0 Å². The number of rotatable bonds is 3. The van der Waals surface area contributed by atoms with Crippen molar-refractivity contribution in [2.24, 2.45) is 0 Å². The van der Waals surface area contributed by atoms with Crippen LogP contribution in [0.4, 0.5) is 0 Å². The van der Waals surface area contributed by atoms with Crippen LogP contribution in [0, 0.1) is 10.2 Å². The molecule has 1 radical (unpaired) electrons. The predicted molar refractivity (Wildman–Crippen MR) is 55.7 cm³/mol. The highest BCUT2D eigenvalue weighted by Gasteiger charge is 2.00. The van der Waals surface area contributed by atoms with Crippen LogP contribution in [0.15, 0.2) is 18.2 Å². The zero-order chi connectivity index (χ0) is 8.97. The minimum Gasteiger partial charge on any atom is -0.493 e. The molecule has 0 saturated heterocycles. The number of aliphatic hydroxyl groups excluding tert-OH is 1. The van der Waals surface area contributed by atoms with Crippen molar-refractivity contribution in [2.45, 2.75) is 6.92 Å². The molecule has 0 unspecified atom stereocenters. The van der Waals surface area contributed by atoms with E-state index in [0.29, 0.717) is 6.61 Å². The number of ether oxygens (including phenoxy) is 1. The van der Waals surface area contributed by atoms with Crippen molar-refractivity contribution in [1.29, 1.82) is 0 Å². The lowest BCUT2D eigenvalue weighted by atomic mass is 10.2. The third kappa shape index (κ3) is 2.35. The van der Waals surface area contributed by atoms with Crippen molar-refractivity contribution in [3.63, 3.8) is 0 Å². The van der Waals surface area contributed by atoms with Gasteiger partial charge in [-0.25, -0.2) is 0 Å². The molecule has 0 aliphatic heterocycles. The average Bonchev–Trinajstić information content (AvgIpc) is 2.09. The molecule has 1 rings (SSSR count). The topological polar surface area (TPSA) is 29.5 Å². The van der Waals surface area contributed by atoms with Crippen molar-refractivity contribution < 1.29 is 9.84 Å². The van der Waals surface area contributed by atoms with Gasteiger partial charge < -0.3 is 9.84 Å². The van der Waals surface area contributed by atoms with E-state index in [0.717, 1.165) is 21.5 Å². The molecular formula is C9H10IO2. The largest absolute Gasteiger partial charge is 0.493 e. The van der Waals surface area contributed by atoms with E-state index in [1.807, 2.05) is 25.1 Å². The van der Waals surface area contributed by atoms with Crippen LogP contribution < -0.4 is 4.74 Å². The standard InChI is InChI=1S/C9H10IO2/c1-2-12-9-5-7(6-11)3-4-8(9)10/h3-6,11H,2H2,1H3. The lowest BCUT2D eigenvalue weighted by Gasteiger charge is -2.06. The second-order valence-electron chi connectivity index (χ2n) is 2.25. The van der Waals surface area contributed by atoms with Gasteiger partial charge in [0.05, 0.1) is 10.2 Å². The van der Waals surface area contributed by atoms with Gasteiger partial charge in [-0.15, -0.1) is 0 Å². The fraction of sp³-hybridized carbons (Fsp3) is 0.222. The molecule has 0 atom stereocenters. The van der Waals surface area contributed by atoms with Gasteiger partial charge in [-0.3, -0.25) is 0 Å². The van der Waals surface area contributed by atoms with Crippen LogP contribution in [0.3, 0.4) is 0 Å². The smallest absolute Gasteiger partial charge is 0.132 e. The molecule has 0 heterocycles. The van der Waals surface area contributed by atoms with Gasteiger partial charge in [-0.05, 0) is 47.2 Å². The maximum atomic E-state index is 8.74. The molecule has 1 aromatic carbocycles. The quantitative estimate of drug-likeness (QED) is 0.860. The summed E-state index contributed by atoms with van der Waals surface area (Å²) in [7, 11) is 0. The zero-order valence-corrected chi connectivity index (χ0v) is 8.91. The van der Waals surface area contributed by atoms with Gasteiger partial charge in [0.2, 0.25) is 0 Å². The molecule has 0 amide bonds. The molecule has 0 aromatic heterocycles. The van der Waals surface area contributed by atoms with Crippen molar-refractivity contribution in [1.82, 2.24) is 0 Å². The number of aliphatic hydroxyl groups is 1. The molecule has 0 spiro atoms. The van der Waals surface area contributed by atoms with Crippen LogP contribution >= 0.6 is 22.6 Å². The Hall–Kier alpha value is -0.290. The Morgan fingerprint density at radius 1 is 1.58 bits per heavy atom. The van der Waals surface area contributed by atoms with Gasteiger partial charge in [0.15, 0.2) is 0 Å². The summed E-state index contributed by atoms with van der Waals surface area (Å²) in [4.78, 5) is 0. The third-order valence-electron chi connectivity index (χ3n) is 1.40. The maximum Gasteiger partial charge on any atom is 0.132 e. The molecule has 1 aromatic rings. The van der Waals surface area contributed by atoms with Crippen LogP contribution in [0.25, 0.3) is 0 Å². The van der Waals surface area contributed by atoms with Crippen molar-refractivity contribution in [3.05, 3.63) is 33.9 Å². The molecular weight excluding hydrogens is 267 g/mol. The second kappa shape index (κ2) is 4.67. The van der Waals surface area contributed by atoms with Gasteiger partial charge in [0.1, 0.15) is 12.4 Å². The summed E-state index contributed by atoms with van der Waals surface area (Å²) in [5, 5.41) is 8.74. The van der Waals surface area contributed by atoms with E-state index in [4.69, 9.17) is 9.84 Å². The first-order chi connectivity index (χ1) is 5.77. The Balaban J connectivity index is 2.91. The van der Waals surface area contributed by atoms with Crippen LogP contribution in [0.2, 0.25) is 0 Å². The number of halogens is 1. The summed E-state index contributed by atoms with van der Waals surface area (Å²) < 4.78 is 6.40. The Kier molecular flexibility index (Phi) is 3.81. The normalized spacial score (nSPS) is 9.92. The molecule has 0 saturated carbocycles. The van der Waals surface area contributed by atoms with Crippen LogP contribution in [0.1, 0.15) is 12.5 Å². The summed E-state index contributed by atoms with van der Waals surface area (Å²) in [6.07, 6.45) is 0. The van der Waals surface area contributed by atoms with E-state index in [9.17, 15) is 0 Å². The lowest BCUT2D eigenvalue weighted by Crippen LogP contribution is -1.94. The van der Waals surface area contributed by atoms with Gasteiger partial charge in [-0.2, -0.15) is 0 Å². The van der Waals surface area contributed by atoms with E-state index >= 15 is 0 Å². The highest BCUT2D eigenvalue weighted by atomic mass is 127. The van der Waals surface area contributed by atoms with Gasteiger partial charge in [0, 0.05) is 0 Å². The van der Waals surface area contributed by atoms with E-state index in [1.54, 1.807) is 0 Å². The van der Waals surface area contributed by atoms with E-state index in [2.05, 4.69) is 22.6 Å². The minimum absolute atomic E-state index is 0.644. The zero-order valence-electron chi connectivity index (χ0n) is 6.75. The first kappa shape index (κ1) is 9.80. The summed E-state index contributed by atoms with van der Waals surface area (Å²) >= 11 is 2.20. The second-order valence-corrected chi connectivity index (χ2v) is 3.41. The van der Waals surface area contributed by atoms with E-state index < -0.39 is 0 Å². The summed E-state index contributed by atoms with van der Waals surface area (Å²) in [5.74, 6) is 0.820. The van der Waals surface area contributed by atoms with Crippen LogP contribution in [-0.4, -0.2) is 11.7 Å². The number of hydrogen-bond donors (Lipinski definition) is 1. The molecule has 0 aliphatic carbocycles. The maximum absolute atomic E-state index is 8.74. The summed E-state index contributed by atoms with van der Waals surface area (Å²) in [6, 6.07) is 5.56. The van der Waals surface area contributed by atoms with E-state index in [1.165, 1.54) is 0 Å². The Morgan fingerprint density at radius 3 is 2.92 bits per heavy atom. The molecule has 2 nitrogen and oxygen atoms in total. The Bertz CT molecular complexity index is 261. The molecule has 65 valence electrons. The lowest BCUT2D eigenvalue weighted by molar-refractivity contribution is 0.336. The Morgan fingerprint density at radius 2 is 2.33 bits per heavy atom. The SMILES string of the molecule is CCOc1cc([CH]O)ccc1I. The average molecular weight is 277 g/mol. The third-order valence-corrected chi connectivity index (χ3v) is 2.30. The molecule has 12 heavy (non-hydrogen) atoms. The summed E-state index contributed by atoms with van der Waals surface area (Å²) in [5.41, 5.74) is 0.763. The molecule has 3 heteroatoms. The Labute approximate surface area is 85.7 Å². The van der Waals surface area contributed by atoms with Crippen molar-refractivity contribution >= 4 is 22.6 Å². The first-order valence-corrected chi connectivity index (χ1v) is 4.75. The predicted octanol–water partition coefficient (Wildman–Crippen LogP) is 2.57. The number of hydrogen-bond acceptors (Lipinski definition) is 2. The van der Waals surface area contributed by atoms with Gasteiger partial charge >= 0.3 is 0 Å². The van der Waals surface area contributed by atoms with Crippen molar-refractivity contribution in [3.8, 4) is 5.75 Å². The number of benzene rings is 1. The fourth-order valence-electron chi connectivity index (χ4n) is 0.866. The van der Waals surface area contributed by atoms with Crippen LogP contribution in [-0.2, 0) is 0 Å². The van der Waals surface area contributed by atoms with E-state index in [-0.39, 0.29) is 0 Å². The fourth-order valence-corrected chi connectivity index (χ4v) is 1.36. The van der Waals surface area contributed by atoms with Crippen molar-refractivity contribution in [2.75, 3.05) is 6.61 Å². The minimum atomic E-state index is 0.644. The molecule has 0 fully saturated rings. The van der Waals surface area contributed by atoms with Crippen LogP contribution in [0.5, 0.6) is 5.75 Å². The molecule has 1 N–H and O–H groups in total. The molecule has 0 aliphatic rings. The van der Waals surface area contributed by atoms with Gasteiger partial charge in [-0.1, -0.05) is 6.07 Å². The monoisotopic (exact) mass is 277 g/mol. The molecule has 0 bridgehead atoms. The highest BCUT2D eigenvalue weighted by molar-refractivity contribution is 14.1. The summed E-state index contributed by atoms with van der Waals surface area (Å²) in [6.45, 7) is 3.65. The first-order valence-electron chi connectivity index (χ1n) is 3.67. The highest BCUT2D eigenvalue weighted by Crippen LogP contribution is 2.22.